The molecule has 2 aromatic carbocycles. The van der Waals surface area contributed by atoms with Crippen LogP contribution in [-0.4, -0.2) is 17.3 Å². The van der Waals surface area contributed by atoms with E-state index in [4.69, 9.17) is 5.26 Å². The minimum absolute atomic E-state index is 0.0408. The highest BCUT2D eigenvalue weighted by molar-refractivity contribution is 5.34. The first-order valence-corrected chi connectivity index (χ1v) is 7.58. The van der Waals surface area contributed by atoms with Crippen molar-refractivity contribution in [1.29, 1.82) is 5.26 Å². The number of hydrogen-bond donors (Lipinski definition) is 2. The first kappa shape index (κ1) is 16.2. The third-order valence-corrected chi connectivity index (χ3v) is 3.89. The average Bonchev–Trinajstić information content (AvgIpc) is 2.55. The Morgan fingerprint density at radius 2 is 1.82 bits per heavy atom. The molecule has 0 spiro atoms. The SMILES string of the molecule is CC(NC(C)C(O)Cc1ccccc1)c1cccc(C#N)c1. The van der Waals surface area contributed by atoms with Crippen LogP contribution in [0.2, 0.25) is 0 Å². The van der Waals surface area contributed by atoms with E-state index in [0.717, 1.165) is 11.1 Å². The van der Waals surface area contributed by atoms with E-state index < -0.39 is 6.10 Å². The number of nitrogens with one attached hydrogen (secondary N) is 1. The van der Waals surface area contributed by atoms with Crippen LogP contribution in [0.3, 0.4) is 0 Å². The highest BCUT2D eigenvalue weighted by Crippen LogP contribution is 2.16. The average molecular weight is 294 g/mol. The molecule has 114 valence electrons. The number of benzene rings is 2. The number of rotatable bonds is 6. The van der Waals surface area contributed by atoms with Gasteiger partial charge in [-0.1, -0.05) is 42.5 Å². The normalized spacial score (nSPS) is 14.8. The molecule has 22 heavy (non-hydrogen) atoms. The smallest absolute Gasteiger partial charge is 0.0991 e. The molecular weight excluding hydrogens is 272 g/mol. The van der Waals surface area contributed by atoms with Crippen LogP contribution in [0.1, 0.15) is 36.6 Å². The minimum Gasteiger partial charge on any atom is -0.391 e. The fraction of sp³-hybridized carbons (Fsp3) is 0.316. The summed E-state index contributed by atoms with van der Waals surface area (Å²) >= 11 is 0. The van der Waals surface area contributed by atoms with Gasteiger partial charge in [-0.05, 0) is 43.5 Å². The van der Waals surface area contributed by atoms with E-state index in [0.29, 0.717) is 12.0 Å². The second-order valence-corrected chi connectivity index (χ2v) is 5.67. The van der Waals surface area contributed by atoms with Gasteiger partial charge in [0, 0.05) is 12.1 Å². The summed E-state index contributed by atoms with van der Waals surface area (Å²) in [6, 6.07) is 19.7. The Labute approximate surface area is 132 Å². The molecule has 0 heterocycles. The van der Waals surface area contributed by atoms with Gasteiger partial charge in [0.25, 0.3) is 0 Å². The van der Waals surface area contributed by atoms with Gasteiger partial charge in [0.05, 0.1) is 17.7 Å². The largest absolute Gasteiger partial charge is 0.391 e. The van der Waals surface area contributed by atoms with Gasteiger partial charge in [-0.3, -0.25) is 0 Å². The number of nitrogens with zero attached hydrogens (tertiary/aromatic N) is 1. The van der Waals surface area contributed by atoms with Gasteiger partial charge in [-0.25, -0.2) is 0 Å². The zero-order chi connectivity index (χ0) is 15.9. The molecule has 0 aromatic heterocycles. The Morgan fingerprint density at radius 1 is 1.09 bits per heavy atom. The molecular formula is C19H22N2O. The molecule has 0 radical (unpaired) electrons. The molecule has 0 amide bonds. The zero-order valence-corrected chi connectivity index (χ0v) is 13.0. The highest BCUT2D eigenvalue weighted by Gasteiger charge is 2.17. The summed E-state index contributed by atoms with van der Waals surface area (Å²) in [5.74, 6) is 0. The van der Waals surface area contributed by atoms with E-state index in [1.54, 1.807) is 6.07 Å². The Balaban J connectivity index is 1.95. The maximum atomic E-state index is 10.4. The quantitative estimate of drug-likeness (QED) is 0.860. The second kappa shape index (κ2) is 7.74. The first-order valence-electron chi connectivity index (χ1n) is 7.58. The minimum atomic E-state index is -0.455. The summed E-state index contributed by atoms with van der Waals surface area (Å²) in [5, 5.41) is 22.7. The van der Waals surface area contributed by atoms with Crippen molar-refractivity contribution in [3.05, 3.63) is 71.3 Å². The van der Waals surface area contributed by atoms with Crippen molar-refractivity contribution in [3.63, 3.8) is 0 Å². The van der Waals surface area contributed by atoms with Gasteiger partial charge in [0.2, 0.25) is 0 Å². The van der Waals surface area contributed by atoms with Gasteiger partial charge in [0.1, 0.15) is 0 Å². The Kier molecular flexibility index (Phi) is 5.71. The van der Waals surface area contributed by atoms with Crippen molar-refractivity contribution >= 4 is 0 Å². The van der Waals surface area contributed by atoms with Gasteiger partial charge < -0.3 is 10.4 Å². The molecule has 0 aliphatic carbocycles. The molecule has 0 aliphatic rings. The maximum Gasteiger partial charge on any atom is 0.0991 e. The number of aliphatic hydroxyl groups is 1. The molecule has 0 bridgehead atoms. The first-order chi connectivity index (χ1) is 10.6. The van der Waals surface area contributed by atoms with E-state index in [-0.39, 0.29) is 12.1 Å². The van der Waals surface area contributed by atoms with Gasteiger partial charge in [0.15, 0.2) is 0 Å². The lowest BCUT2D eigenvalue weighted by Crippen LogP contribution is -2.39. The third-order valence-electron chi connectivity index (χ3n) is 3.89. The summed E-state index contributed by atoms with van der Waals surface area (Å²) in [7, 11) is 0. The van der Waals surface area contributed by atoms with Gasteiger partial charge >= 0.3 is 0 Å². The molecule has 3 nitrogen and oxygen atoms in total. The third kappa shape index (κ3) is 4.42. The van der Waals surface area contributed by atoms with E-state index in [1.165, 1.54) is 0 Å². The molecule has 3 unspecified atom stereocenters. The van der Waals surface area contributed by atoms with Crippen molar-refractivity contribution in [2.75, 3.05) is 0 Å². The summed E-state index contributed by atoms with van der Waals surface area (Å²) in [4.78, 5) is 0. The molecule has 0 aliphatic heterocycles. The second-order valence-electron chi connectivity index (χ2n) is 5.67. The fourth-order valence-corrected chi connectivity index (χ4v) is 2.51. The van der Waals surface area contributed by atoms with Crippen molar-refractivity contribution < 1.29 is 5.11 Å². The Hall–Kier alpha value is -2.15. The molecule has 2 rings (SSSR count). The van der Waals surface area contributed by atoms with Crippen LogP contribution >= 0.6 is 0 Å². The monoisotopic (exact) mass is 294 g/mol. The molecule has 0 saturated heterocycles. The standard InChI is InChI=1S/C19H22N2O/c1-14(18-10-6-9-17(11-18)13-20)21-15(2)19(22)12-16-7-4-3-5-8-16/h3-11,14-15,19,21-22H,12H2,1-2H3. The highest BCUT2D eigenvalue weighted by atomic mass is 16.3. The van der Waals surface area contributed by atoms with Crippen LogP contribution in [0, 0.1) is 11.3 Å². The molecule has 0 fully saturated rings. The maximum absolute atomic E-state index is 10.4. The van der Waals surface area contributed by atoms with Crippen molar-refractivity contribution in [3.8, 4) is 6.07 Å². The predicted molar refractivity (Wildman–Crippen MR) is 88.3 cm³/mol. The van der Waals surface area contributed by atoms with Gasteiger partial charge in [-0.2, -0.15) is 5.26 Å². The number of aliphatic hydroxyl groups excluding tert-OH is 1. The Morgan fingerprint density at radius 3 is 2.50 bits per heavy atom. The van der Waals surface area contributed by atoms with Crippen LogP contribution in [0.25, 0.3) is 0 Å². The fourth-order valence-electron chi connectivity index (χ4n) is 2.51. The van der Waals surface area contributed by atoms with Crippen LogP contribution in [0.4, 0.5) is 0 Å². The molecule has 2 aromatic rings. The lowest BCUT2D eigenvalue weighted by Gasteiger charge is -2.25. The van der Waals surface area contributed by atoms with E-state index in [2.05, 4.69) is 11.4 Å². The van der Waals surface area contributed by atoms with Crippen molar-refractivity contribution in [2.45, 2.75) is 38.5 Å². The van der Waals surface area contributed by atoms with E-state index in [1.807, 2.05) is 62.4 Å². The topological polar surface area (TPSA) is 56.0 Å². The zero-order valence-electron chi connectivity index (χ0n) is 13.0. The molecule has 0 saturated carbocycles. The number of nitriles is 1. The summed E-state index contributed by atoms with van der Waals surface area (Å²) in [5.41, 5.74) is 2.84. The lowest BCUT2D eigenvalue weighted by atomic mass is 10.0. The lowest BCUT2D eigenvalue weighted by molar-refractivity contribution is 0.129. The van der Waals surface area contributed by atoms with Crippen molar-refractivity contribution in [1.82, 2.24) is 5.32 Å². The van der Waals surface area contributed by atoms with Crippen LogP contribution in [-0.2, 0) is 6.42 Å². The van der Waals surface area contributed by atoms with Crippen molar-refractivity contribution in [2.24, 2.45) is 0 Å². The van der Waals surface area contributed by atoms with E-state index >= 15 is 0 Å². The van der Waals surface area contributed by atoms with Crippen LogP contribution in [0.15, 0.2) is 54.6 Å². The summed E-state index contributed by atoms with van der Waals surface area (Å²) in [6.07, 6.45) is 0.170. The summed E-state index contributed by atoms with van der Waals surface area (Å²) in [6.45, 7) is 4.03. The molecule has 2 N–H and O–H groups in total. The number of hydrogen-bond acceptors (Lipinski definition) is 3. The van der Waals surface area contributed by atoms with Crippen LogP contribution in [0.5, 0.6) is 0 Å². The Bertz CT molecular complexity index is 633. The molecule has 3 atom stereocenters. The van der Waals surface area contributed by atoms with E-state index in [9.17, 15) is 5.11 Å². The predicted octanol–water partition coefficient (Wildman–Crippen LogP) is 3.20. The van der Waals surface area contributed by atoms with Crippen LogP contribution < -0.4 is 5.32 Å². The van der Waals surface area contributed by atoms with Gasteiger partial charge in [-0.15, -0.1) is 0 Å². The summed E-state index contributed by atoms with van der Waals surface area (Å²) < 4.78 is 0. The molecule has 3 heteroatoms.